The molecule has 2 nitrogen and oxygen atoms in total. The molecule has 0 saturated heterocycles. The third-order valence-corrected chi connectivity index (χ3v) is 1.69. The van der Waals surface area contributed by atoms with Gasteiger partial charge in [0.05, 0.1) is 0 Å². The lowest BCUT2D eigenvalue weighted by Gasteiger charge is -1.97. The molecule has 0 saturated carbocycles. The van der Waals surface area contributed by atoms with Gasteiger partial charge in [-0.2, -0.15) is 0 Å². The number of carbonyl (C=O) groups excluding carboxylic acids is 1. The third kappa shape index (κ3) is 6.35. The van der Waals surface area contributed by atoms with E-state index in [0.717, 1.165) is 18.5 Å². The molecule has 0 N–H and O–H groups in total. The van der Waals surface area contributed by atoms with Crippen LogP contribution in [0.2, 0.25) is 0 Å². The number of rotatable bonds is 4. The van der Waals surface area contributed by atoms with Gasteiger partial charge in [0.15, 0.2) is 0 Å². The average molecular weight is 193 g/mol. The van der Waals surface area contributed by atoms with Gasteiger partial charge in [0.25, 0.3) is 0 Å². The summed E-state index contributed by atoms with van der Waals surface area (Å²) in [6.07, 6.45) is 4.26. The lowest BCUT2D eigenvalue weighted by molar-refractivity contribution is -0.117. The summed E-state index contributed by atoms with van der Waals surface area (Å²) in [5.74, 6) is 0.255. The fourth-order valence-corrected chi connectivity index (χ4v) is 1.06. The fraction of sp³-hybridized carbons (Fsp3) is 0.500. The van der Waals surface area contributed by atoms with Crippen molar-refractivity contribution >= 4 is 5.78 Å². The first-order valence-corrected chi connectivity index (χ1v) is 5.18. The molecule has 0 bridgehead atoms. The predicted molar refractivity (Wildman–Crippen MR) is 59.2 cm³/mol. The number of Topliss-reactive ketones (excluding diaryl/α,β-unsaturated/α-hetero) is 1. The minimum absolute atomic E-state index is 0.255. The Morgan fingerprint density at radius 1 is 1.36 bits per heavy atom. The van der Waals surface area contributed by atoms with Crippen molar-refractivity contribution in [1.29, 1.82) is 0 Å². The van der Waals surface area contributed by atoms with Crippen molar-refractivity contribution in [2.45, 2.75) is 40.0 Å². The highest BCUT2D eigenvalue weighted by Gasteiger charge is 1.95. The second-order valence-corrected chi connectivity index (χ2v) is 2.88. The van der Waals surface area contributed by atoms with Crippen molar-refractivity contribution < 1.29 is 4.79 Å². The summed E-state index contributed by atoms with van der Waals surface area (Å²) in [5.41, 5.74) is 1.07. The topological polar surface area (TPSA) is 30.0 Å². The van der Waals surface area contributed by atoms with Crippen molar-refractivity contribution in [3.8, 4) is 0 Å². The Morgan fingerprint density at radius 3 is 2.57 bits per heavy atom. The fourth-order valence-electron chi connectivity index (χ4n) is 1.06. The highest BCUT2D eigenvalue weighted by atomic mass is 16.1. The first kappa shape index (κ1) is 12.8. The Bertz CT molecular complexity index is 244. The highest BCUT2D eigenvalue weighted by molar-refractivity contribution is 5.75. The van der Waals surface area contributed by atoms with E-state index >= 15 is 0 Å². The molecular formula is C12H19NO. The monoisotopic (exact) mass is 193 g/mol. The van der Waals surface area contributed by atoms with E-state index in [1.54, 1.807) is 13.1 Å². The Morgan fingerprint density at radius 2 is 2.07 bits per heavy atom. The molecule has 0 atom stereocenters. The van der Waals surface area contributed by atoms with E-state index in [4.69, 9.17) is 0 Å². The van der Waals surface area contributed by atoms with Gasteiger partial charge in [-0.25, -0.2) is 0 Å². The molecule has 14 heavy (non-hydrogen) atoms. The Balaban J connectivity index is 0.000000791. The lowest BCUT2D eigenvalue weighted by atomic mass is 10.1. The van der Waals surface area contributed by atoms with Crippen molar-refractivity contribution in [1.82, 2.24) is 4.98 Å². The van der Waals surface area contributed by atoms with Gasteiger partial charge < -0.3 is 4.79 Å². The molecule has 0 amide bonds. The maximum absolute atomic E-state index is 10.6. The highest BCUT2D eigenvalue weighted by Crippen LogP contribution is 2.00. The molecule has 0 aliphatic carbocycles. The summed E-state index contributed by atoms with van der Waals surface area (Å²) >= 11 is 0. The summed E-state index contributed by atoms with van der Waals surface area (Å²) in [7, 11) is 0. The second-order valence-electron chi connectivity index (χ2n) is 2.88. The van der Waals surface area contributed by atoms with E-state index in [1.807, 2.05) is 32.0 Å². The Hall–Kier alpha value is -1.18. The molecule has 1 heterocycles. The van der Waals surface area contributed by atoms with Gasteiger partial charge in [-0.05, 0) is 31.9 Å². The maximum Gasteiger partial charge on any atom is 0.129 e. The zero-order valence-corrected chi connectivity index (χ0v) is 9.29. The average Bonchev–Trinajstić information content (AvgIpc) is 2.22. The molecule has 0 aromatic carbocycles. The van der Waals surface area contributed by atoms with Gasteiger partial charge in [-0.3, -0.25) is 4.98 Å². The standard InChI is InChI=1S/C10H13NO.C2H6/c1-9(12)5-4-7-10-6-2-3-8-11-10;1-2/h2-3,6,8H,4-5,7H2,1H3;1-2H3. The first-order valence-electron chi connectivity index (χ1n) is 5.18. The van der Waals surface area contributed by atoms with Crippen molar-refractivity contribution in [3.63, 3.8) is 0 Å². The molecule has 0 unspecified atom stereocenters. The van der Waals surface area contributed by atoms with E-state index in [0.29, 0.717) is 6.42 Å². The largest absolute Gasteiger partial charge is 0.300 e. The number of aromatic nitrogens is 1. The van der Waals surface area contributed by atoms with Crippen LogP contribution in [0.25, 0.3) is 0 Å². The van der Waals surface area contributed by atoms with Crippen LogP contribution < -0.4 is 0 Å². The maximum atomic E-state index is 10.6. The molecule has 1 aromatic rings. The molecule has 0 radical (unpaired) electrons. The Kier molecular flexibility index (Phi) is 7.71. The number of aryl methyl sites for hydroxylation is 1. The van der Waals surface area contributed by atoms with Crippen LogP contribution in [0.1, 0.15) is 39.3 Å². The molecule has 1 aromatic heterocycles. The number of carbonyl (C=O) groups is 1. The minimum Gasteiger partial charge on any atom is -0.300 e. The van der Waals surface area contributed by atoms with Crippen molar-refractivity contribution in [3.05, 3.63) is 30.1 Å². The quantitative estimate of drug-likeness (QED) is 0.735. The predicted octanol–water partition coefficient (Wildman–Crippen LogP) is 3.02. The Labute approximate surface area is 86.4 Å². The molecule has 2 heteroatoms. The van der Waals surface area contributed by atoms with Gasteiger partial charge in [-0.15, -0.1) is 0 Å². The summed E-state index contributed by atoms with van der Waals surface area (Å²) in [4.78, 5) is 14.8. The number of nitrogens with zero attached hydrogens (tertiary/aromatic N) is 1. The summed E-state index contributed by atoms with van der Waals surface area (Å²) < 4.78 is 0. The van der Waals surface area contributed by atoms with E-state index in [9.17, 15) is 4.79 Å². The van der Waals surface area contributed by atoms with Crippen molar-refractivity contribution in [2.24, 2.45) is 0 Å². The third-order valence-electron chi connectivity index (χ3n) is 1.69. The molecule has 0 aliphatic heterocycles. The first-order chi connectivity index (χ1) is 6.79. The van der Waals surface area contributed by atoms with Crippen LogP contribution in [0.15, 0.2) is 24.4 Å². The van der Waals surface area contributed by atoms with Gasteiger partial charge in [0, 0.05) is 18.3 Å². The van der Waals surface area contributed by atoms with Gasteiger partial charge in [0.1, 0.15) is 5.78 Å². The lowest BCUT2D eigenvalue weighted by Crippen LogP contribution is -1.93. The van der Waals surface area contributed by atoms with Gasteiger partial charge in [0.2, 0.25) is 0 Å². The second kappa shape index (κ2) is 8.42. The van der Waals surface area contributed by atoms with Crippen molar-refractivity contribution in [2.75, 3.05) is 0 Å². The number of pyridine rings is 1. The van der Waals surface area contributed by atoms with E-state index in [2.05, 4.69) is 4.98 Å². The zero-order valence-electron chi connectivity index (χ0n) is 9.29. The number of ketones is 1. The molecule has 1 rings (SSSR count). The van der Waals surface area contributed by atoms with Crippen LogP contribution in [0, 0.1) is 0 Å². The van der Waals surface area contributed by atoms with Crippen LogP contribution in [0.4, 0.5) is 0 Å². The smallest absolute Gasteiger partial charge is 0.129 e. The molecular weight excluding hydrogens is 174 g/mol. The van der Waals surface area contributed by atoms with Crippen LogP contribution >= 0.6 is 0 Å². The number of hydrogen-bond acceptors (Lipinski definition) is 2. The van der Waals surface area contributed by atoms with Crippen LogP contribution in [0.3, 0.4) is 0 Å². The van der Waals surface area contributed by atoms with Gasteiger partial charge in [-0.1, -0.05) is 19.9 Å². The van der Waals surface area contributed by atoms with Crippen LogP contribution in [-0.4, -0.2) is 10.8 Å². The SMILES string of the molecule is CC.CC(=O)CCCc1ccccn1. The van der Waals surface area contributed by atoms with Crippen LogP contribution in [0.5, 0.6) is 0 Å². The number of hydrogen-bond donors (Lipinski definition) is 0. The molecule has 0 fully saturated rings. The van der Waals surface area contributed by atoms with Crippen LogP contribution in [-0.2, 0) is 11.2 Å². The summed E-state index contributed by atoms with van der Waals surface area (Å²) in [6, 6.07) is 5.85. The minimum atomic E-state index is 0.255. The van der Waals surface area contributed by atoms with E-state index in [-0.39, 0.29) is 5.78 Å². The summed E-state index contributed by atoms with van der Waals surface area (Å²) in [6.45, 7) is 5.62. The molecule has 78 valence electrons. The summed E-state index contributed by atoms with van der Waals surface area (Å²) in [5, 5.41) is 0. The molecule has 0 aliphatic rings. The van der Waals surface area contributed by atoms with Gasteiger partial charge >= 0.3 is 0 Å². The molecule has 0 spiro atoms. The van der Waals surface area contributed by atoms with E-state index < -0.39 is 0 Å². The zero-order chi connectivity index (χ0) is 10.8. The van der Waals surface area contributed by atoms with E-state index in [1.165, 1.54) is 0 Å². The normalized spacial score (nSPS) is 8.79.